The zero-order chi connectivity index (χ0) is 20.9. The largest absolute Gasteiger partial charge is 0.485 e. The van der Waals surface area contributed by atoms with Gasteiger partial charge in [-0.25, -0.2) is 0 Å². The van der Waals surface area contributed by atoms with Gasteiger partial charge in [-0.2, -0.15) is 0 Å². The Bertz CT molecular complexity index is 1190. The van der Waals surface area contributed by atoms with E-state index >= 15 is 0 Å². The van der Waals surface area contributed by atoms with Crippen molar-refractivity contribution in [1.29, 1.82) is 0 Å². The van der Waals surface area contributed by atoms with E-state index in [0.717, 1.165) is 26.7 Å². The highest BCUT2D eigenvalue weighted by Gasteiger charge is 2.13. The molecule has 4 aromatic rings. The lowest BCUT2D eigenvalue weighted by atomic mass is 10.1. The van der Waals surface area contributed by atoms with Crippen LogP contribution in [0, 0.1) is 0 Å². The number of nitrogens with zero attached hydrogens (tertiary/aromatic N) is 3. The third-order valence-corrected chi connectivity index (χ3v) is 5.99. The van der Waals surface area contributed by atoms with Gasteiger partial charge in [-0.05, 0) is 29.7 Å². The maximum Gasteiger partial charge on any atom is 0.234 e. The van der Waals surface area contributed by atoms with Crippen LogP contribution in [-0.4, -0.2) is 26.4 Å². The molecule has 0 saturated carbocycles. The highest BCUT2D eigenvalue weighted by atomic mass is 79.9. The van der Waals surface area contributed by atoms with E-state index < -0.39 is 0 Å². The molecule has 0 aliphatic rings. The number of anilines is 1. The zero-order valence-corrected chi connectivity index (χ0v) is 18.6. The van der Waals surface area contributed by atoms with E-state index in [2.05, 4.69) is 43.6 Å². The van der Waals surface area contributed by atoms with Gasteiger partial charge in [0, 0.05) is 22.6 Å². The molecule has 0 aliphatic carbocycles. The van der Waals surface area contributed by atoms with Gasteiger partial charge in [0.2, 0.25) is 5.91 Å². The molecule has 0 unspecified atom stereocenters. The van der Waals surface area contributed by atoms with Gasteiger partial charge in [-0.1, -0.05) is 70.2 Å². The van der Waals surface area contributed by atoms with Crippen molar-refractivity contribution >= 4 is 50.1 Å². The third kappa shape index (κ3) is 4.83. The van der Waals surface area contributed by atoms with Crippen molar-refractivity contribution in [3.8, 4) is 5.75 Å². The topological polar surface area (TPSA) is 69.0 Å². The Morgan fingerprint density at radius 3 is 2.77 bits per heavy atom. The molecule has 152 valence electrons. The molecule has 30 heavy (non-hydrogen) atoms. The van der Waals surface area contributed by atoms with Gasteiger partial charge < -0.3 is 14.6 Å². The number of thioether (sulfide) groups is 1. The van der Waals surface area contributed by atoms with E-state index in [9.17, 15) is 4.79 Å². The number of rotatable bonds is 7. The van der Waals surface area contributed by atoms with Crippen molar-refractivity contribution in [3.05, 3.63) is 77.0 Å². The monoisotopic (exact) mass is 482 g/mol. The first-order chi connectivity index (χ1) is 14.6. The SMILES string of the molecule is Cn1c(COc2cccc3ccccc23)nnc1SCC(=O)Nc1cccc(Br)c1. The number of fused-ring (bicyclic) bond motifs is 1. The normalized spacial score (nSPS) is 10.9. The van der Waals surface area contributed by atoms with Crippen LogP contribution in [0.5, 0.6) is 5.75 Å². The smallest absolute Gasteiger partial charge is 0.234 e. The minimum Gasteiger partial charge on any atom is -0.485 e. The van der Waals surface area contributed by atoms with E-state index in [0.29, 0.717) is 17.6 Å². The molecular formula is C22H19BrN4O2S. The van der Waals surface area contributed by atoms with Crippen LogP contribution in [0.4, 0.5) is 5.69 Å². The van der Waals surface area contributed by atoms with Gasteiger partial charge >= 0.3 is 0 Å². The minimum absolute atomic E-state index is 0.102. The van der Waals surface area contributed by atoms with E-state index in [1.54, 1.807) is 0 Å². The summed E-state index contributed by atoms with van der Waals surface area (Å²) in [5.41, 5.74) is 0.747. The average molecular weight is 483 g/mol. The van der Waals surface area contributed by atoms with Crippen molar-refractivity contribution in [1.82, 2.24) is 14.8 Å². The fraction of sp³-hybridized carbons (Fsp3) is 0.136. The van der Waals surface area contributed by atoms with Gasteiger partial charge in [-0.3, -0.25) is 4.79 Å². The van der Waals surface area contributed by atoms with E-state index in [1.807, 2.05) is 66.2 Å². The summed E-state index contributed by atoms with van der Waals surface area (Å²) < 4.78 is 8.76. The van der Waals surface area contributed by atoms with Crippen LogP contribution < -0.4 is 10.1 Å². The van der Waals surface area contributed by atoms with E-state index in [1.165, 1.54) is 11.8 Å². The number of carbonyl (C=O) groups is 1. The summed E-state index contributed by atoms with van der Waals surface area (Å²) in [6.07, 6.45) is 0. The first kappa shape index (κ1) is 20.4. The molecule has 1 aromatic heterocycles. The molecule has 8 heteroatoms. The number of carbonyl (C=O) groups excluding carboxylic acids is 1. The number of halogens is 1. The van der Waals surface area contributed by atoms with Gasteiger partial charge in [0.25, 0.3) is 0 Å². The van der Waals surface area contributed by atoms with Gasteiger partial charge in [0.15, 0.2) is 11.0 Å². The number of hydrogen-bond donors (Lipinski definition) is 1. The number of aromatic nitrogens is 3. The Kier molecular flexibility index (Phi) is 6.35. The third-order valence-electron chi connectivity index (χ3n) is 4.47. The van der Waals surface area contributed by atoms with Crippen LogP contribution in [0.1, 0.15) is 5.82 Å². The van der Waals surface area contributed by atoms with Crippen molar-refractivity contribution in [3.63, 3.8) is 0 Å². The second-order valence-electron chi connectivity index (χ2n) is 6.57. The summed E-state index contributed by atoms with van der Waals surface area (Å²) in [5, 5.41) is 14.1. The highest BCUT2D eigenvalue weighted by Crippen LogP contribution is 2.26. The fourth-order valence-corrected chi connectivity index (χ4v) is 4.08. The standard InChI is InChI=1S/C22H19BrN4O2S/c1-27-20(13-29-19-11-4-7-15-6-2-3-10-18(15)19)25-26-22(27)30-14-21(28)24-17-9-5-8-16(23)12-17/h2-12H,13-14H2,1H3,(H,24,28). The molecule has 0 atom stereocenters. The van der Waals surface area contributed by atoms with Gasteiger partial charge in [-0.15, -0.1) is 10.2 Å². The number of nitrogens with one attached hydrogen (secondary N) is 1. The van der Waals surface area contributed by atoms with Crippen LogP contribution in [0.2, 0.25) is 0 Å². The summed E-state index contributed by atoms with van der Waals surface area (Å²) in [4.78, 5) is 12.2. The maximum absolute atomic E-state index is 12.2. The van der Waals surface area contributed by atoms with Gasteiger partial charge in [0.1, 0.15) is 12.4 Å². The maximum atomic E-state index is 12.2. The predicted octanol–water partition coefficient (Wildman–Crippen LogP) is 5.04. The molecule has 0 saturated heterocycles. The van der Waals surface area contributed by atoms with Crippen molar-refractivity contribution in [2.24, 2.45) is 7.05 Å². The van der Waals surface area contributed by atoms with Crippen LogP contribution in [0.3, 0.4) is 0 Å². The number of hydrogen-bond acceptors (Lipinski definition) is 5. The summed E-state index contributed by atoms with van der Waals surface area (Å²) >= 11 is 4.73. The average Bonchev–Trinajstić information content (AvgIpc) is 3.10. The number of benzene rings is 3. The second kappa shape index (κ2) is 9.32. The number of amides is 1. The van der Waals surface area contributed by atoms with Crippen molar-refractivity contribution in [2.75, 3.05) is 11.1 Å². The summed E-state index contributed by atoms with van der Waals surface area (Å²) in [7, 11) is 1.87. The molecule has 0 fully saturated rings. The van der Waals surface area contributed by atoms with Gasteiger partial charge in [0.05, 0.1) is 5.75 Å². The Morgan fingerprint density at radius 1 is 1.10 bits per heavy atom. The molecule has 1 amide bonds. The van der Waals surface area contributed by atoms with Crippen molar-refractivity contribution < 1.29 is 9.53 Å². The first-order valence-corrected chi connectivity index (χ1v) is 11.0. The summed E-state index contributed by atoms with van der Waals surface area (Å²) in [6.45, 7) is 0.294. The molecule has 0 radical (unpaired) electrons. The van der Waals surface area contributed by atoms with Crippen molar-refractivity contribution in [2.45, 2.75) is 11.8 Å². The van der Waals surface area contributed by atoms with Crippen LogP contribution in [0.15, 0.2) is 76.4 Å². The molecule has 3 aromatic carbocycles. The lowest BCUT2D eigenvalue weighted by molar-refractivity contribution is -0.113. The van der Waals surface area contributed by atoms with E-state index in [4.69, 9.17) is 4.74 Å². The lowest BCUT2D eigenvalue weighted by Gasteiger charge is -2.09. The molecule has 0 bridgehead atoms. The molecule has 0 aliphatic heterocycles. The Hall–Kier alpha value is -2.84. The van der Waals surface area contributed by atoms with E-state index in [-0.39, 0.29) is 11.7 Å². The molecule has 0 spiro atoms. The minimum atomic E-state index is -0.102. The predicted molar refractivity (Wildman–Crippen MR) is 123 cm³/mol. The van der Waals surface area contributed by atoms with Crippen LogP contribution in [-0.2, 0) is 18.4 Å². The lowest BCUT2D eigenvalue weighted by Crippen LogP contribution is -2.14. The van der Waals surface area contributed by atoms with Crippen LogP contribution >= 0.6 is 27.7 Å². The second-order valence-corrected chi connectivity index (χ2v) is 8.43. The number of ether oxygens (including phenoxy) is 1. The summed E-state index contributed by atoms with van der Waals surface area (Å²) in [5.74, 6) is 1.63. The summed E-state index contributed by atoms with van der Waals surface area (Å²) in [6, 6.07) is 21.5. The molecule has 6 nitrogen and oxygen atoms in total. The molecule has 4 rings (SSSR count). The highest BCUT2D eigenvalue weighted by molar-refractivity contribution is 9.10. The molecular weight excluding hydrogens is 464 g/mol. The Balaban J connectivity index is 1.36. The zero-order valence-electron chi connectivity index (χ0n) is 16.2. The Morgan fingerprint density at radius 2 is 1.90 bits per heavy atom. The molecule has 1 N–H and O–H groups in total. The first-order valence-electron chi connectivity index (χ1n) is 9.27. The fourth-order valence-electron chi connectivity index (χ4n) is 2.95. The quantitative estimate of drug-likeness (QED) is 0.373. The molecule has 1 heterocycles. The van der Waals surface area contributed by atoms with Crippen LogP contribution in [0.25, 0.3) is 10.8 Å². The Labute approximate surface area is 186 Å².